The average Bonchev–Trinajstić information content (AvgIpc) is 3.10. The minimum absolute atomic E-state index is 0. The first kappa shape index (κ1) is 19.0. The zero-order valence-corrected chi connectivity index (χ0v) is 15.4. The molecule has 0 spiro atoms. The fraction of sp³-hybridized carbons (Fsp3) is 0.929. The summed E-state index contributed by atoms with van der Waals surface area (Å²) >= 11 is 0. The first-order valence-electron chi connectivity index (χ1n) is 7.15. The van der Waals surface area contributed by atoms with Gasteiger partial charge in [-0.2, -0.15) is 0 Å². The van der Waals surface area contributed by atoms with Crippen LogP contribution in [-0.2, 0) is 0 Å². The van der Waals surface area contributed by atoms with Gasteiger partial charge in [0, 0.05) is 26.2 Å². The molecule has 0 heterocycles. The standard InChI is InChI=1S/C14H30N4.HI/c1-11(2)8-9-16-14(15-3)17-10-13(18(4)5)12-6-7-12;/h11-13H,6-10H2,1-5H3,(H2,15,16,17);1H. The van der Waals surface area contributed by atoms with Crippen molar-refractivity contribution in [1.82, 2.24) is 15.5 Å². The van der Waals surface area contributed by atoms with Gasteiger partial charge in [0.15, 0.2) is 5.96 Å². The van der Waals surface area contributed by atoms with E-state index in [0.29, 0.717) is 6.04 Å². The minimum atomic E-state index is 0. The molecule has 0 aromatic rings. The number of nitrogens with one attached hydrogen (secondary N) is 2. The molecule has 0 radical (unpaired) electrons. The van der Waals surface area contributed by atoms with E-state index in [1.54, 1.807) is 0 Å². The van der Waals surface area contributed by atoms with Crippen molar-refractivity contribution in [2.45, 2.75) is 39.2 Å². The smallest absolute Gasteiger partial charge is 0.191 e. The topological polar surface area (TPSA) is 39.7 Å². The predicted molar refractivity (Wildman–Crippen MR) is 94.4 cm³/mol. The van der Waals surface area contributed by atoms with Gasteiger partial charge in [-0.05, 0) is 45.2 Å². The summed E-state index contributed by atoms with van der Waals surface area (Å²) in [7, 11) is 6.17. The Kier molecular flexibility index (Phi) is 9.78. The predicted octanol–water partition coefficient (Wildman–Crippen LogP) is 2.16. The Labute approximate surface area is 135 Å². The third-order valence-electron chi connectivity index (χ3n) is 3.55. The van der Waals surface area contributed by atoms with Gasteiger partial charge in [0.25, 0.3) is 0 Å². The monoisotopic (exact) mass is 382 g/mol. The molecule has 4 nitrogen and oxygen atoms in total. The Morgan fingerprint density at radius 3 is 2.32 bits per heavy atom. The number of guanidine groups is 1. The lowest BCUT2D eigenvalue weighted by atomic mass is 10.1. The SMILES string of the molecule is CN=C(NCCC(C)C)NCC(C1CC1)N(C)C.I. The zero-order valence-electron chi connectivity index (χ0n) is 13.1. The maximum absolute atomic E-state index is 4.27. The van der Waals surface area contributed by atoms with E-state index in [1.165, 1.54) is 19.3 Å². The Bertz CT molecular complexity index is 260. The van der Waals surface area contributed by atoms with Gasteiger partial charge in [0.05, 0.1) is 0 Å². The van der Waals surface area contributed by atoms with E-state index in [2.05, 4.69) is 48.5 Å². The summed E-state index contributed by atoms with van der Waals surface area (Å²) in [6.07, 6.45) is 3.94. The maximum atomic E-state index is 4.27. The van der Waals surface area contributed by atoms with Crippen LogP contribution in [0.2, 0.25) is 0 Å². The molecule has 0 aliphatic heterocycles. The van der Waals surface area contributed by atoms with Crippen LogP contribution >= 0.6 is 24.0 Å². The minimum Gasteiger partial charge on any atom is -0.356 e. The second kappa shape index (κ2) is 9.80. The van der Waals surface area contributed by atoms with Crippen molar-refractivity contribution < 1.29 is 0 Å². The fourth-order valence-electron chi connectivity index (χ4n) is 2.15. The van der Waals surface area contributed by atoms with Crippen molar-refractivity contribution in [2.75, 3.05) is 34.2 Å². The number of rotatable bonds is 7. The molecule has 0 aromatic carbocycles. The number of hydrogen-bond acceptors (Lipinski definition) is 2. The van der Waals surface area contributed by atoms with Crippen LogP contribution in [0.4, 0.5) is 0 Å². The number of nitrogens with zero attached hydrogens (tertiary/aromatic N) is 2. The zero-order chi connectivity index (χ0) is 13.5. The Balaban J connectivity index is 0.00000324. The van der Waals surface area contributed by atoms with E-state index in [4.69, 9.17) is 0 Å². The third kappa shape index (κ3) is 7.97. The van der Waals surface area contributed by atoms with Crippen LogP contribution in [0.3, 0.4) is 0 Å². The maximum Gasteiger partial charge on any atom is 0.191 e. The van der Waals surface area contributed by atoms with Crippen LogP contribution in [0.15, 0.2) is 4.99 Å². The number of aliphatic imine (C=N–C) groups is 1. The lowest BCUT2D eigenvalue weighted by Gasteiger charge is -2.25. The largest absolute Gasteiger partial charge is 0.356 e. The highest BCUT2D eigenvalue weighted by molar-refractivity contribution is 14.0. The highest BCUT2D eigenvalue weighted by atomic mass is 127. The van der Waals surface area contributed by atoms with Crippen LogP contribution in [0.1, 0.15) is 33.1 Å². The summed E-state index contributed by atoms with van der Waals surface area (Å²) in [5.41, 5.74) is 0. The van der Waals surface area contributed by atoms with E-state index in [-0.39, 0.29) is 24.0 Å². The molecule has 1 rings (SSSR count). The van der Waals surface area contributed by atoms with Crippen LogP contribution < -0.4 is 10.6 Å². The van der Waals surface area contributed by atoms with Gasteiger partial charge < -0.3 is 15.5 Å². The van der Waals surface area contributed by atoms with Crippen molar-refractivity contribution >= 4 is 29.9 Å². The van der Waals surface area contributed by atoms with Crippen LogP contribution in [0.25, 0.3) is 0 Å². The van der Waals surface area contributed by atoms with Crippen LogP contribution in [0, 0.1) is 11.8 Å². The number of halogens is 1. The van der Waals surface area contributed by atoms with Crippen molar-refractivity contribution in [3.63, 3.8) is 0 Å². The quantitative estimate of drug-likeness (QED) is 0.403. The van der Waals surface area contributed by atoms with Gasteiger partial charge in [0.1, 0.15) is 0 Å². The molecule has 19 heavy (non-hydrogen) atoms. The lowest BCUT2D eigenvalue weighted by Crippen LogP contribution is -2.46. The Hall–Kier alpha value is -0.0400. The summed E-state index contributed by atoms with van der Waals surface area (Å²) in [6.45, 7) is 6.46. The first-order valence-corrected chi connectivity index (χ1v) is 7.15. The second-order valence-corrected chi connectivity index (χ2v) is 5.93. The Morgan fingerprint density at radius 1 is 1.26 bits per heavy atom. The van der Waals surface area contributed by atoms with Crippen LogP contribution in [0.5, 0.6) is 0 Å². The van der Waals surface area contributed by atoms with Crippen molar-refractivity contribution in [1.29, 1.82) is 0 Å². The van der Waals surface area contributed by atoms with Gasteiger partial charge in [-0.1, -0.05) is 13.8 Å². The molecule has 1 atom stereocenters. The highest BCUT2D eigenvalue weighted by Crippen LogP contribution is 2.34. The molecule has 0 saturated heterocycles. The summed E-state index contributed by atoms with van der Waals surface area (Å²) in [4.78, 5) is 6.60. The molecule has 1 aliphatic rings. The summed E-state index contributed by atoms with van der Waals surface area (Å²) in [5, 5.41) is 6.82. The van der Waals surface area contributed by atoms with E-state index in [1.807, 2.05) is 7.05 Å². The van der Waals surface area contributed by atoms with Crippen LogP contribution in [-0.4, -0.2) is 51.1 Å². The third-order valence-corrected chi connectivity index (χ3v) is 3.55. The number of likely N-dealkylation sites (N-methyl/N-ethyl adjacent to an activating group) is 1. The molecule has 1 unspecified atom stereocenters. The molecule has 114 valence electrons. The van der Waals surface area contributed by atoms with E-state index in [0.717, 1.165) is 30.9 Å². The van der Waals surface area contributed by atoms with Gasteiger partial charge >= 0.3 is 0 Å². The molecule has 1 saturated carbocycles. The van der Waals surface area contributed by atoms with E-state index >= 15 is 0 Å². The molecular formula is C14H31IN4. The molecule has 1 fully saturated rings. The van der Waals surface area contributed by atoms with Gasteiger partial charge in [-0.3, -0.25) is 4.99 Å². The average molecular weight is 382 g/mol. The molecule has 0 bridgehead atoms. The normalized spacial score (nSPS) is 17.3. The van der Waals surface area contributed by atoms with Gasteiger partial charge in [0.2, 0.25) is 0 Å². The van der Waals surface area contributed by atoms with Crippen molar-refractivity contribution in [3.05, 3.63) is 0 Å². The molecule has 1 aliphatic carbocycles. The van der Waals surface area contributed by atoms with Crippen molar-refractivity contribution in [2.24, 2.45) is 16.8 Å². The fourth-order valence-corrected chi connectivity index (χ4v) is 2.15. The van der Waals surface area contributed by atoms with Gasteiger partial charge in [-0.25, -0.2) is 0 Å². The molecule has 2 N–H and O–H groups in total. The van der Waals surface area contributed by atoms with Gasteiger partial charge in [-0.15, -0.1) is 24.0 Å². The molecule has 0 aromatic heterocycles. The first-order chi connectivity index (χ1) is 8.54. The molecular weight excluding hydrogens is 351 g/mol. The van der Waals surface area contributed by atoms with E-state index < -0.39 is 0 Å². The Morgan fingerprint density at radius 2 is 1.89 bits per heavy atom. The summed E-state index contributed by atoms with van der Waals surface area (Å²) < 4.78 is 0. The highest BCUT2D eigenvalue weighted by Gasteiger charge is 2.32. The summed E-state index contributed by atoms with van der Waals surface area (Å²) in [6, 6.07) is 0.633. The summed E-state index contributed by atoms with van der Waals surface area (Å²) in [5.74, 6) is 2.54. The molecule has 0 amide bonds. The molecule has 5 heteroatoms. The van der Waals surface area contributed by atoms with E-state index in [9.17, 15) is 0 Å². The lowest BCUT2D eigenvalue weighted by molar-refractivity contribution is 0.264. The van der Waals surface area contributed by atoms with Crippen molar-refractivity contribution in [3.8, 4) is 0 Å². The second-order valence-electron chi connectivity index (χ2n) is 5.93. The number of hydrogen-bond donors (Lipinski definition) is 2.